The highest BCUT2D eigenvalue weighted by atomic mass is 16.8. The van der Waals surface area contributed by atoms with E-state index in [4.69, 9.17) is 42.6 Å². The van der Waals surface area contributed by atoms with Crippen LogP contribution in [0.5, 0.6) is 0 Å². The topological polar surface area (TPSA) is 242 Å². The van der Waals surface area contributed by atoms with Gasteiger partial charge in [-0.3, -0.25) is 4.79 Å². The first-order valence-corrected chi connectivity index (χ1v) is 24.1. The van der Waals surface area contributed by atoms with E-state index in [2.05, 4.69) is 33.8 Å². The minimum absolute atomic E-state index is 0.0301. The number of carbonyl (C=O) groups excluding carboxylic acids is 1. The van der Waals surface area contributed by atoms with Crippen LogP contribution in [0.1, 0.15) is 106 Å². The van der Waals surface area contributed by atoms with E-state index in [1.54, 1.807) is 0 Å². The van der Waals surface area contributed by atoms with Crippen molar-refractivity contribution in [3.05, 3.63) is 11.6 Å². The standard InChI is InChI=1S/C47H74O17/c1-20-10-15-47(56-19-20)21(2)32-30(64-47)17-29-27-9-8-25-16-26(11-13-45(25,6)28(27)12-14-46(29,32)7)60-44-41(63-42-36(53)34(51)33(50)22(3)57-42)38(55)40(31(18-48)61-44)62-43-37(54)35(52)39(23(4)58-43)59-24(5)49/h8,20-23,26-44,48,50-55H,9-19H2,1-7H3/t20-,21+,22+,23+,26+,27-,28+,29+,30+,31-,32+,33+,34-,35+,36-,37-,38+,39+,40-,41-,42+,43+,44-,45+,46+,47-/m1/s1. The molecule has 17 heteroatoms. The summed E-state index contributed by atoms with van der Waals surface area (Å²) in [6, 6.07) is 0. The van der Waals surface area contributed by atoms with Crippen LogP contribution < -0.4 is 0 Å². The highest BCUT2D eigenvalue weighted by molar-refractivity contribution is 5.66. The second kappa shape index (κ2) is 17.8. The number of allylic oxidation sites excluding steroid dienone is 1. The van der Waals surface area contributed by atoms with E-state index < -0.39 is 110 Å². The zero-order chi connectivity index (χ0) is 45.8. The van der Waals surface area contributed by atoms with E-state index in [9.17, 15) is 40.5 Å². The lowest BCUT2D eigenvalue weighted by Crippen LogP contribution is -2.66. The number of hydrogen-bond donors (Lipinski definition) is 7. The van der Waals surface area contributed by atoms with Crippen LogP contribution in [-0.4, -0.2) is 165 Å². The molecule has 1 spiro atoms. The maximum absolute atomic E-state index is 12.1. The van der Waals surface area contributed by atoms with Crippen LogP contribution in [0.3, 0.4) is 0 Å². The minimum atomic E-state index is -1.74. The molecule has 9 rings (SSSR count). The van der Waals surface area contributed by atoms with Crippen molar-refractivity contribution in [1.29, 1.82) is 0 Å². The van der Waals surface area contributed by atoms with E-state index in [-0.39, 0.29) is 23.0 Å². The van der Waals surface area contributed by atoms with Gasteiger partial charge in [0.25, 0.3) is 0 Å². The molecule has 0 amide bonds. The molecule has 0 aromatic heterocycles. The number of fused-ring (bicyclic) bond motifs is 7. The largest absolute Gasteiger partial charge is 0.457 e. The molecule has 5 saturated heterocycles. The van der Waals surface area contributed by atoms with Crippen LogP contribution in [0.25, 0.3) is 0 Å². The fraction of sp³-hybridized carbons (Fsp3) is 0.936. The average Bonchev–Trinajstić information content (AvgIpc) is 3.71. The Bertz CT molecular complexity index is 1710. The summed E-state index contributed by atoms with van der Waals surface area (Å²) in [5.41, 5.74) is 1.50. The van der Waals surface area contributed by atoms with Crippen molar-refractivity contribution in [2.75, 3.05) is 13.2 Å². The van der Waals surface area contributed by atoms with Gasteiger partial charge in [0.05, 0.1) is 37.6 Å². The molecule has 64 heavy (non-hydrogen) atoms. The zero-order valence-corrected chi connectivity index (χ0v) is 38.3. The molecule has 0 unspecified atom stereocenters. The smallest absolute Gasteiger partial charge is 0.303 e. The van der Waals surface area contributed by atoms with E-state index >= 15 is 0 Å². The van der Waals surface area contributed by atoms with Crippen molar-refractivity contribution in [3.8, 4) is 0 Å². The van der Waals surface area contributed by atoms with Gasteiger partial charge in [-0.1, -0.05) is 39.3 Å². The van der Waals surface area contributed by atoms with Crippen LogP contribution in [0, 0.1) is 46.3 Å². The van der Waals surface area contributed by atoms with Gasteiger partial charge in [0.15, 0.2) is 30.8 Å². The van der Waals surface area contributed by atoms with Gasteiger partial charge in [-0.15, -0.1) is 0 Å². The number of hydrogen-bond acceptors (Lipinski definition) is 17. The number of aliphatic hydroxyl groups excluding tert-OH is 7. The average molecular weight is 911 g/mol. The molecule has 3 saturated carbocycles. The first-order chi connectivity index (χ1) is 30.3. The first kappa shape index (κ1) is 47.7. The summed E-state index contributed by atoms with van der Waals surface area (Å²) in [6.07, 6.45) is -10.6. The summed E-state index contributed by atoms with van der Waals surface area (Å²) in [6.45, 7) is 13.9. The molecule has 364 valence electrons. The van der Waals surface area contributed by atoms with Gasteiger partial charge < -0.3 is 78.4 Å². The maximum Gasteiger partial charge on any atom is 0.303 e. The summed E-state index contributed by atoms with van der Waals surface area (Å²) < 4.78 is 55.7. The highest BCUT2D eigenvalue weighted by Gasteiger charge is 2.69. The summed E-state index contributed by atoms with van der Waals surface area (Å²) in [7, 11) is 0. The van der Waals surface area contributed by atoms with Crippen LogP contribution >= 0.6 is 0 Å². The van der Waals surface area contributed by atoms with Crippen LogP contribution in [-0.2, 0) is 47.4 Å². The number of esters is 1. The lowest BCUT2D eigenvalue weighted by molar-refractivity contribution is -0.388. The quantitative estimate of drug-likeness (QED) is 0.136. The molecular weight excluding hydrogens is 836 g/mol. The molecule has 0 aromatic carbocycles. The molecular formula is C47H74O17. The van der Waals surface area contributed by atoms with Gasteiger partial charge in [0.1, 0.15) is 54.9 Å². The van der Waals surface area contributed by atoms with Crippen molar-refractivity contribution >= 4 is 5.97 Å². The molecule has 0 bridgehead atoms. The highest BCUT2D eigenvalue weighted by Crippen LogP contribution is 2.70. The second-order valence-corrected chi connectivity index (χ2v) is 21.6. The van der Waals surface area contributed by atoms with Gasteiger partial charge in [-0.05, 0) is 106 Å². The summed E-state index contributed by atoms with van der Waals surface area (Å²) in [5.74, 6) is 1.90. The Balaban J connectivity index is 0.913. The Hall–Kier alpha value is -1.39. The predicted octanol–water partition coefficient (Wildman–Crippen LogP) is 1.81. The van der Waals surface area contributed by atoms with Gasteiger partial charge >= 0.3 is 5.97 Å². The van der Waals surface area contributed by atoms with Crippen molar-refractivity contribution in [1.82, 2.24) is 0 Å². The van der Waals surface area contributed by atoms with Crippen molar-refractivity contribution < 1.29 is 83.2 Å². The van der Waals surface area contributed by atoms with E-state index in [0.29, 0.717) is 48.3 Å². The Labute approximate surface area is 376 Å². The van der Waals surface area contributed by atoms with Crippen molar-refractivity contribution in [2.45, 2.75) is 216 Å². The van der Waals surface area contributed by atoms with Crippen LogP contribution in [0.15, 0.2) is 11.6 Å². The summed E-state index contributed by atoms with van der Waals surface area (Å²) >= 11 is 0. The summed E-state index contributed by atoms with van der Waals surface area (Å²) in [5, 5.41) is 76.7. The molecule has 4 aliphatic carbocycles. The van der Waals surface area contributed by atoms with Gasteiger partial charge in [0, 0.05) is 19.3 Å². The molecule has 0 aromatic rings. The van der Waals surface area contributed by atoms with Crippen molar-refractivity contribution in [2.24, 2.45) is 46.3 Å². The van der Waals surface area contributed by atoms with Gasteiger partial charge in [-0.25, -0.2) is 0 Å². The second-order valence-electron chi connectivity index (χ2n) is 21.6. The fourth-order valence-corrected chi connectivity index (χ4v) is 14.3. The first-order valence-electron chi connectivity index (χ1n) is 24.1. The third-order valence-electron chi connectivity index (χ3n) is 17.9. The molecule has 7 N–H and O–H groups in total. The molecule has 5 aliphatic heterocycles. The summed E-state index contributed by atoms with van der Waals surface area (Å²) in [4.78, 5) is 11.7. The Kier molecular flexibility index (Phi) is 13.3. The lowest BCUT2D eigenvalue weighted by Gasteiger charge is -2.58. The fourth-order valence-electron chi connectivity index (χ4n) is 14.3. The molecule has 8 fully saturated rings. The Morgan fingerprint density at radius 3 is 2.14 bits per heavy atom. The van der Waals surface area contributed by atoms with E-state index in [0.717, 1.165) is 58.5 Å². The van der Waals surface area contributed by atoms with E-state index in [1.165, 1.54) is 19.4 Å². The van der Waals surface area contributed by atoms with Crippen molar-refractivity contribution in [3.63, 3.8) is 0 Å². The monoisotopic (exact) mass is 910 g/mol. The Morgan fingerprint density at radius 1 is 0.750 bits per heavy atom. The molecule has 17 nitrogen and oxygen atoms in total. The zero-order valence-electron chi connectivity index (χ0n) is 38.3. The molecule has 9 aliphatic rings. The SMILES string of the molecule is CC(=O)O[C@@H]1[C@@H](O)[C@@H](O)[C@H](O[C@H]2[C@H](O)[C@@H](O[C@@H]3O[C@@H](C)[C@H](O)[C@@H](O)[C@H]3O)[C@H](O[C@H]3CC[C@@]4(C)C(=CC[C@H]5[C@@H]6C[C@@H]7O[C@]8(CC[C@@H](C)CO8)[C@@H](C)[C@@H]7[C@@]6(C)CC[C@@H]54)C3)O[C@@H]2CO)O[C@H]1C. The van der Waals surface area contributed by atoms with Gasteiger partial charge in [0.2, 0.25) is 0 Å². The minimum Gasteiger partial charge on any atom is -0.457 e. The molecule has 26 atom stereocenters. The molecule has 5 heterocycles. The third kappa shape index (κ3) is 7.95. The lowest BCUT2D eigenvalue weighted by atomic mass is 9.47. The number of ether oxygens (including phenoxy) is 9. The number of carbonyl (C=O) groups is 1. The molecule has 0 radical (unpaired) electrons. The third-order valence-corrected chi connectivity index (χ3v) is 17.9. The Morgan fingerprint density at radius 2 is 1.45 bits per heavy atom. The predicted molar refractivity (Wildman–Crippen MR) is 222 cm³/mol. The maximum atomic E-state index is 12.1. The van der Waals surface area contributed by atoms with Crippen LogP contribution in [0.2, 0.25) is 0 Å². The van der Waals surface area contributed by atoms with E-state index in [1.807, 2.05) is 0 Å². The van der Waals surface area contributed by atoms with Gasteiger partial charge in [-0.2, -0.15) is 0 Å². The normalized spacial score (nSPS) is 56.1. The van der Waals surface area contributed by atoms with Crippen LogP contribution in [0.4, 0.5) is 0 Å². The number of rotatable bonds is 8. The number of aliphatic hydroxyl groups is 7.